The fourth-order valence-corrected chi connectivity index (χ4v) is 3.28. The van der Waals surface area contributed by atoms with Crippen LogP contribution in [0.2, 0.25) is 0 Å². The van der Waals surface area contributed by atoms with Crippen LogP contribution in [0.15, 0.2) is 24.3 Å². The predicted molar refractivity (Wildman–Crippen MR) is 91.8 cm³/mol. The zero-order valence-corrected chi connectivity index (χ0v) is 14.0. The lowest BCUT2D eigenvalue weighted by atomic mass is 9.99. The molecule has 0 spiro atoms. The highest BCUT2D eigenvalue weighted by Crippen LogP contribution is 2.37. The Balaban J connectivity index is 2.14. The van der Waals surface area contributed by atoms with E-state index in [4.69, 9.17) is 9.47 Å². The van der Waals surface area contributed by atoms with E-state index in [-0.39, 0.29) is 11.9 Å². The number of benzene rings is 1. The second-order valence-electron chi connectivity index (χ2n) is 5.70. The van der Waals surface area contributed by atoms with Crippen LogP contribution < -0.4 is 0 Å². The van der Waals surface area contributed by atoms with Crippen molar-refractivity contribution in [3.8, 4) is 0 Å². The molecule has 0 saturated carbocycles. The van der Waals surface area contributed by atoms with Gasteiger partial charge in [0, 0.05) is 17.0 Å². The summed E-state index contributed by atoms with van der Waals surface area (Å²) in [5.41, 5.74) is 4.33. The Morgan fingerprint density at radius 1 is 1.17 bits per heavy atom. The fraction of sp³-hybridized carbons (Fsp3) is 0.368. The molecule has 126 valence electrons. The first-order valence-corrected chi connectivity index (χ1v) is 8.34. The van der Waals surface area contributed by atoms with E-state index in [0.29, 0.717) is 18.9 Å². The van der Waals surface area contributed by atoms with Crippen LogP contribution in [-0.2, 0) is 20.7 Å². The summed E-state index contributed by atoms with van der Waals surface area (Å²) in [6, 6.07) is 5.86. The molecule has 3 rings (SSSR count). The predicted octanol–water partition coefficient (Wildman–Crippen LogP) is 3.63. The second-order valence-corrected chi connectivity index (χ2v) is 5.70. The molecule has 1 aromatic carbocycles. The van der Waals surface area contributed by atoms with E-state index in [0.717, 1.165) is 46.9 Å². The minimum absolute atomic E-state index is 0.325. The summed E-state index contributed by atoms with van der Waals surface area (Å²) in [6.45, 7) is 4.29. The van der Waals surface area contributed by atoms with E-state index in [1.807, 2.05) is 18.2 Å². The molecule has 1 aliphatic rings. The molecule has 5 nitrogen and oxygen atoms in total. The van der Waals surface area contributed by atoms with Crippen LogP contribution in [0.3, 0.4) is 0 Å². The highest BCUT2D eigenvalue weighted by Gasteiger charge is 2.24. The van der Waals surface area contributed by atoms with Gasteiger partial charge in [0.25, 0.3) is 0 Å². The van der Waals surface area contributed by atoms with Crippen molar-refractivity contribution in [2.45, 2.75) is 33.1 Å². The summed E-state index contributed by atoms with van der Waals surface area (Å²) >= 11 is 0. The average Bonchev–Trinajstić information content (AvgIpc) is 2.83. The molecule has 0 amide bonds. The molecule has 1 heterocycles. The van der Waals surface area contributed by atoms with E-state index in [2.05, 4.69) is 4.98 Å². The van der Waals surface area contributed by atoms with Gasteiger partial charge in [-0.3, -0.25) is 0 Å². The van der Waals surface area contributed by atoms with E-state index >= 15 is 0 Å². The molecule has 1 N–H and O–H groups in total. The Kier molecular flexibility index (Phi) is 4.69. The first-order valence-electron chi connectivity index (χ1n) is 8.34. The number of nitrogens with one attached hydrogen (secondary N) is 1. The maximum Gasteiger partial charge on any atom is 0.355 e. The third-order valence-corrected chi connectivity index (χ3v) is 4.20. The topological polar surface area (TPSA) is 68.4 Å². The highest BCUT2D eigenvalue weighted by molar-refractivity contribution is 6.05. The van der Waals surface area contributed by atoms with Crippen molar-refractivity contribution in [2.75, 3.05) is 13.2 Å². The van der Waals surface area contributed by atoms with Crippen LogP contribution in [-0.4, -0.2) is 30.1 Å². The van der Waals surface area contributed by atoms with Crippen LogP contribution in [0.25, 0.3) is 16.5 Å². The standard InChI is InChI=1S/C19H21NO4/c1-3-23-16(21)11-12-7-5-9-14-17-13(12)8-6-10-15(17)20-18(14)19(22)24-4-2/h6,8,10-11,20H,3-5,7,9H2,1-2H3/b12-11-. The maximum absolute atomic E-state index is 12.2. The second kappa shape index (κ2) is 6.91. The van der Waals surface area contributed by atoms with Crippen LogP contribution in [0, 0.1) is 0 Å². The molecule has 0 aliphatic heterocycles. The number of aromatic amines is 1. The lowest BCUT2D eigenvalue weighted by Gasteiger charge is -2.07. The monoisotopic (exact) mass is 327 g/mol. The molecule has 0 bridgehead atoms. The molecule has 5 heteroatoms. The summed E-state index contributed by atoms with van der Waals surface area (Å²) < 4.78 is 10.2. The number of ether oxygens (including phenoxy) is 2. The minimum Gasteiger partial charge on any atom is -0.463 e. The van der Waals surface area contributed by atoms with Crippen molar-refractivity contribution in [3.05, 3.63) is 41.1 Å². The number of aromatic nitrogens is 1. The number of H-pyrrole nitrogens is 1. The Labute approximate surface area is 140 Å². The fourth-order valence-electron chi connectivity index (χ4n) is 3.28. The summed E-state index contributed by atoms with van der Waals surface area (Å²) in [5, 5.41) is 1.01. The number of allylic oxidation sites excluding steroid dienone is 1. The minimum atomic E-state index is -0.326. The van der Waals surface area contributed by atoms with Crippen LogP contribution in [0.4, 0.5) is 0 Å². The van der Waals surface area contributed by atoms with Crippen molar-refractivity contribution in [1.29, 1.82) is 0 Å². The molecule has 24 heavy (non-hydrogen) atoms. The summed E-state index contributed by atoms with van der Waals surface area (Å²) in [4.78, 5) is 27.3. The maximum atomic E-state index is 12.2. The van der Waals surface area contributed by atoms with Gasteiger partial charge in [-0.2, -0.15) is 0 Å². The molecule has 2 aromatic rings. The lowest BCUT2D eigenvalue weighted by Crippen LogP contribution is -2.07. The number of aryl methyl sites for hydroxylation is 1. The van der Waals surface area contributed by atoms with Gasteiger partial charge in [0.2, 0.25) is 0 Å². The third kappa shape index (κ3) is 2.94. The van der Waals surface area contributed by atoms with Crippen molar-refractivity contribution in [1.82, 2.24) is 4.98 Å². The Morgan fingerprint density at radius 3 is 2.71 bits per heavy atom. The van der Waals surface area contributed by atoms with Crippen molar-refractivity contribution in [3.63, 3.8) is 0 Å². The van der Waals surface area contributed by atoms with Crippen LogP contribution in [0.5, 0.6) is 0 Å². The summed E-state index contributed by atoms with van der Waals surface area (Å²) in [7, 11) is 0. The average molecular weight is 327 g/mol. The number of hydrogen-bond donors (Lipinski definition) is 1. The van der Waals surface area contributed by atoms with E-state index < -0.39 is 0 Å². The molecular formula is C19H21NO4. The molecule has 0 fully saturated rings. The van der Waals surface area contributed by atoms with Gasteiger partial charge in [-0.1, -0.05) is 12.1 Å². The highest BCUT2D eigenvalue weighted by atomic mass is 16.5. The van der Waals surface area contributed by atoms with Gasteiger partial charge in [0.15, 0.2) is 0 Å². The van der Waals surface area contributed by atoms with Crippen LogP contribution in [0.1, 0.15) is 48.3 Å². The largest absolute Gasteiger partial charge is 0.463 e. The van der Waals surface area contributed by atoms with Crippen molar-refractivity contribution in [2.24, 2.45) is 0 Å². The van der Waals surface area contributed by atoms with E-state index in [1.165, 1.54) is 0 Å². The van der Waals surface area contributed by atoms with Gasteiger partial charge in [-0.15, -0.1) is 0 Å². The van der Waals surface area contributed by atoms with Crippen molar-refractivity contribution < 1.29 is 19.1 Å². The molecule has 0 unspecified atom stereocenters. The Morgan fingerprint density at radius 2 is 1.96 bits per heavy atom. The quantitative estimate of drug-likeness (QED) is 0.688. The Bertz CT molecular complexity index is 816. The number of esters is 2. The summed E-state index contributed by atoms with van der Waals surface area (Å²) in [6.07, 6.45) is 3.98. The molecule has 1 aliphatic carbocycles. The zero-order valence-electron chi connectivity index (χ0n) is 14.0. The van der Waals surface area contributed by atoms with Gasteiger partial charge >= 0.3 is 11.9 Å². The molecule has 0 radical (unpaired) electrons. The van der Waals surface area contributed by atoms with Crippen LogP contribution >= 0.6 is 0 Å². The summed E-state index contributed by atoms with van der Waals surface area (Å²) in [5.74, 6) is -0.651. The normalized spacial score (nSPS) is 15.3. The Hall–Kier alpha value is -2.56. The molecular weight excluding hydrogens is 306 g/mol. The van der Waals surface area contributed by atoms with Gasteiger partial charge in [-0.25, -0.2) is 9.59 Å². The van der Waals surface area contributed by atoms with E-state index in [1.54, 1.807) is 19.9 Å². The van der Waals surface area contributed by atoms with Gasteiger partial charge in [0.05, 0.1) is 13.2 Å². The molecule has 0 saturated heterocycles. The first kappa shape index (κ1) is 16.3. The number of rotatable bonds is 4. The molecule has 1 aromatic heterocycles. The van der Waals surface area contributed by atoms with E-state index in [9.17, 15) is 9.59 Å². The van der Waals surface area contributed by atoms with Crippen molar-refractivity contribution >= 4 is 28.4 Å². The lowest BCUT2D eigenvalue weighted by molar-refractivity contribution is -0.137. The SMILES string of the molecule is CCOC(=O)/C=C1/CCCc2c(C(=O)OCC)[nH]c3cccc1c23. The first-order chi connectivity index (χ1) is 11.7. The zero-order chi connectivity index (χ0) is 17.1. The third-order valence-electron chi connectivity index (χ3n) is 4.20. The molecule has 0 atom stereocenters. The number of carbonyl (C=O) groups is 2. The van der Waals surface area contributed by atoms with Gasteiger partial charge in [-0.05, 0) is 55.9 Å². The smallest absolute Gasteiger partial charge is 0.355 e. The number of hydrogen-bond acceptors (Lipinski definition) is 4. The van der Waals surface area contributed by atoms with Gasteiger partial charge < -0.3 is 14.5 Å². The number of carbonyl (C=O) groups excluding carboxylic acids is 2. The van der Waals surface area contributed by atoms with Gasteiger partial charge in [0.1, 0.15) is 5.69 Å².